The molecule has 2 rings (SSSR count). The molecule has 0 fully saturated rings. The van der Waals surface area contributed by atoms with E-state index in [1.54, 1.807) is 24.3 Å². The first-order valence-corrected chi connectivity index (χ1v) is 6.86. The second kappa shape index (κ2) is 6.76. The third-order valence-electron chi connectivity index (χ3n) is 3.39. The van der Waals surface area contributed by atoms with Crippen molar-refractivity contribution in [2.24, 2.45) is 5.73 Å². The standard InChI is InChI=1S/C17H18N2O3/c1-11-6-5-8-14(12(11)2)19-16(20)10-22-15-9-4-3-7-13(15)17(18)21/h3-9H,10H2,1-2H3,(H2,18,21)(H,19,20). The molecular weight excluding hydrogens is 280 g/mol. The maximum atomic E-state index is 12.0. The van der Waals surface area contributed by atoms with Gasteiger partial charge in [0.1, 0.15) is 5.75 Å². The second-order valence-electron chi connectivity index (χ2n) is 4.94. The van der Waals surface area contributed by atoms with Gasteiger partial charge in [-0.25, -0.2) is 0 Å². The number of amides is 2. The van der Waals surface area contributed by atoms with E-state index < -0.39 is 5.91 Å². The van der Waals surface area contributed by atoms with Gasteiger partial charge in [0.15, 0.2) is 6.61 Å². The normalized spacial score (nSPS) is 10.1. The molecule has 2 aromatic carbocycles. The quantitative estimate of drug-likeness (QED) is 0.889. The highest BCUT2D eigenvalue weighted by Gasteiger charge is 2.11. The van der Waals surface area contributed by atoms with E-state index in [0.717, 1.165) is 16.8 Å². The predicted octanol–water partition coefficient (Wildman–Crippen LogP) is 2.42. The smallest absolute Gasteiger partial charge is 0.262 e. The van der Waals surface area contributed by atoms with Crippen molar-refractivity contribution in [2.45, 2.75) is 13.8 Å². The summed E-state index contributed by atoms with van der Waals surface area (Å²) in [5.41, 5.74) is 8.36. The summed E-state index contributed by atoms with van der Waals surface area (Å²) >= 11 is 0. The summed E-state index contributed by atoms with van der Waals surface area (Å²) < 4.78 is 5.39. The van der Waals surface area contributed by atoms with Gasteiger partial charge in [-0.3, -0.25) is 9.59 Å². The summed E-state index contributed by atoms with van der Waals surface area (Å²) in [7, 11) is 0. The summed E-state index contributed by atoms with van der Waals surface area (Å²) in [6.45, 7) is 3.72. The minimum absolute atomic E-state index is 0.197. The van der Waals surface area contributed by atoms with E-state index >= 15 is 0 Å². The van der Waals surface area contributed by atoms with Gasteiger partial charge in [-0.2, -0.15) is 0 Å². The number of carbonyl (C=O) groups is 2. The van der Waals surface area contributed by atoms with Crippen LogP contribution in [0.4, 0.5) is 5.69 Å². The maximum Gasteiger partial charge on any atom is 0.262 e. The van der Waals surface area contributed by atoms with Gasteiger partial charge in [0.05, 0.1) is 5.56 Å². The van der Waals surface area contributed by atoms with E-state index in [1.807, 2.05) is 32.0 Å². The third-order valence-corrected chi connectivity index (χ3v) is 3.39. The van der Waals surface area contributed by atoms with Gasteiger partial charge in [0.2, 0.25) is 0 Å². The Labute approximate surface area is 129 Å². The van der Waals surface area contributed by atoms with E-state index in [9.17, 15) is 9.59 Å². The van der Waals surface area contributed by atoms with Crippen LogP contribution in [0.2, 0.25) is 0 Å². The van der Waals surface area contributed by atoms with E-state index in [-0.39, 0.29) is 18.1 Å². The molecule has 0 bridgehead atoms. The molecule has 0 aliphatic heterocycles. The molecule has 5 heteroatoms. The highest BCUT2D eigenvalue weighted by atomic mass is 16.5. The molecule has 0 heterocycles. The number of carbonyl (C=O) groups excluding carboxylic acids is 2. The van der Waals surface area contributed by atoms with Crippen LogP contribution in [0, 0.1) is 13.8 Å². The first-order chi connectivity index (χ1) is 10.5. The maximum absolute atomic E-state index is 12.0. The summed E-state index contributed by atoms with van der Waals surface area (Å²) in [5.74, 6) is -0.593. The molecule has 2 aromatic rings. The molecule has 0 spiro atoms. The second-order valence-corrected chi connectivity index (χ2v) is 4.94. The summed E-state index contributed by atoms with van der Waals surface area (Å²) in [6, 6.07) is 12.2. The zero-order chi connectivity index (χ0) is 16.1. The number of primary amides is 1. The van der Waals surface area contributed by atoms with Gasteiger partial charge in [-0.05, 0) is 43.2 Å². The Hall–Kier alpha value is -2.82. The lowest BCUT2D eigenvalue weighted by molar-refractivity contribution is -0.118. The molecule has 22 heavy (non-hydrogen) atoms. The Morgan fingerprint density at radius 3 is 2.55 bits per heavy atom. The molecule has 5 nitrogen and oxygen atoms in total. The molecule has 0 radical (unpaired) electrons. The summed E-state index contributed by atoms with van der Waals surface area (Å²) in [6.07, 6.45) is 0. The van der Waals surface area contributed by atoms with Gasteiger partial charge >= 0.3 is 0 Å². The fourth-order valence-corrected chi connectivity index (χ4v) is 2.01. The van der Waals surface area contributed by atoms with E-state index in [4.69, 9.17) is 10.5 Å². The van der Waals surface area contributed by atoms with Crippen LogP contribution < -0.4 is 15.8 Å². The Bertz CT molecular complexity index is 711. The Kier molecular flexibility index (Phi) is 4.78. The van der Waals surface area contributed by atoms with Gasteiger partial charge in [0.25, 0.3) is 11.8 Å². The number of nitrogens with two attached hydrogens (primary N) is 1. The van der Waals surface area contributed by atoms with Crippen LogP contribution in [-0.4, -0.2) is 18.4 Å². The third kappa shape index (κ3) is 3.63. The van der Waals surface area contributed by atoms with E-state index in [2.05, 4.69) is 5.32 Å². The number of benzene rings is 2. The lowest BCUT2D eigenvalue weighted by Crippen LogP contribution is -2.22. The predicted molar refractivity (Wildman–Crippen MR) is 85.0 cm³/mol. The van der Waals surface area contributed by atoms with Crippen molar-refractivity contribution in [1.82, 2.24) is 0 Å². The number of aryl methyl sites for hydroxylation is 1. The SMILES string of the molecule is Cc1cccc(NC(=O)COc2ccccc2C(N)=O)c1C. The van der Waals surface area contributed by atoms with Crippen LogP contribution in [0.25, 0.3) is 0 Å². The van der Waals surface area contributed by atoms with Crippen LogP contribution in [0.3, 0.4) is 0 Å². The Morgan fingerprint density at radius 1 is 1.09 bits per heavy atom. The van der Waals surface area contributed by atoms with Gasteiger partial charge < -0.3 is 15.8 Å². The Morgan fingerprint density at radius 2 is 1.82 bits per heavy atom. The number of anilines is 1. The minimum Gasteiger partial charge on any atom is -0.483 e. The van der Waals surface area contributed by atoms with Crippen molar-refractivity contribution in [3.63, 3.8) is 0 Å². The van der Waals surface area contributed by atoms with Crippen molar-refractivity contribution in [2.75, 3.05) is 11.9 Å². The van der Waals surface area contributed by atoms with Gasteiger partial charge in [-0.1, -0.05) is 24.3 Å². The molecule has 0 aromatic heterocycles. The van der Waals surface area contributed by atoms with Gasteiger partial charge in [-0.15, -0.1) is 0 Å². The number of hydrogen-bond donors (Lipinski definition) is 2. The summed E-state index contributed by atoms with van der Waals surface area (Å²) in [4.78, 5) is 23.3. The number of para-hydroxylation sites is 1. The summed E-state index contributed by atoms with van der Waals surface area (Å²) in [5, 5.41) is 2.79. The van der Waals surface area contributed by atoms with Crippen LogP contribution in [0.15, 0.2) is 42.5 Å². The monoisotopic (exact) mass is 298 g/mol. The largest absolute Gasteiger partial charge is 0.483 e. The van der Waals surface area contributed by atoms with E-state index in [0.29, 0.717) is 5.75 Å². The van der Waals surface area contributed by atoms with Crippen molar-refractivity contribution in [3.05, 3.63) is 59.2 Å². The number of ether oxygens (including phenoxy) is 1. The molecule has 0 saturated carbocycles. The fraction of sp³-hybridized carbons (Fsp3) is 0.176. The number of rotatable bonds is 5. The molecule has 0 unspecified atom stereocenters. The average Bonchev–Trinajstić information content (AvgIpc) is 2.50. The topological polar surface area (TPSA) is 81.4 Å². The molecule has 0 aliphatic carbocycles. The van der Waals surface area contributed by atoms with Crippen molar-refractivity contribution in [3.8, 4) is 5.75 Å². The molecule has 2 amide bonds. The molecule has 3 N–H and O–H groups in total. The van der Waals surface area contributed by atoms with Crippen molar-refractivity contribution >= 4 is 17.5 Å². The lowest BCUT2D eigenvalue weighted by atomic mass is 10.1. The van der Waals surface area contributed by atoms with Crippen molar-refractivity contribution in [1.29, 1.82) is 0 Å². The van der Waals surface area contributed by atoms with Crippen molar-refractivity contribution < 1.29 is 14.3 Å². The van der Waals surface area contributed by atoms with Gasteiger partial charge in [0, 0.05) is 5.69 Å². The molecule has 0 aliphatic rings. The van der Waals surface area contributed by atoms with E-state index in [1.165, 1.54) is 0 Å². The van der Waals surface area contributed by atoms with Crippen LogP contribution in [-0.2, 0) is 4.79 Å². The zero-order valence-electron chi connectivity index (χ0n) is 12.6. The highest BCUT2D eigenvalue weighted by Crippen LogP contribution is 2.19. The van der Waals surface area contributed by atoms with Crippen LogP contribution in [0.5, 0.6) is 5.75 Å². The molecular formula is C17H18N2O3. The lowest BCUT2D eigenvalue weighted by Gasteiger charge is -2.12. The Balaban J connectivity index is 2.02. The molecule has 0 saturated heterocycles. The number of hydrogen-bond acceptors (Lipinski definition) is 3. The first kappa shape index (κ1) is 15.6. The fourth-order valence-electron chi connectivity index (χ4n) is 2.01. The number of nitrogens with one attached hydrogen (secondary N) is 1. The molecule has 0 atom stereocenters. The highest BCUT2D eigenvalue weighted by molar-refractivity contribution is 5.96. The first-order valence-electron chi connectivity index (χ1n) is 6.86. The minimum atomic E-state index is -0.592. The van der Waals surface area contributed by atoms with Crippen LogP contribution >= 0.6 is 0 Å². The van der Waals surface area contributed by atoms with Crippen LogP contribution in [0.1, 0.15) is 21.5 Å². The molecule has 114 valence electrons. The zero-order valence-corrected chi connectivity index (χ0v) is 12.6. The average molecular weight is 298 g/mol.